The molecule has 0 saturated carbocycles. The van der Waals surface area contributed by atoms with E-state index in [2.05, 4.69) is 6.92 Å². The van der Waals surface area contributed by atoms with Crippen LogP contribution in [0, 0.1) is 5.92 Å². The fourth-order valence-corrected chi connectivity index (χ4v) is 1.40. The van der Waals surface area contributed by atoms with E-state index in [0.717, 1.165) is 19.3 Å². The van der Waals surface area contributed by atoms with E-state index in [4.69, 9.17) is 10.2 Å². The Hall–Kier alpha value is -0.0800. The van der Waals surface area contributed by atoms with Crippen LogP contribution in [0.1, 0.15) is 39.0 Å². The van der Waals surface area contributed by atoms with E-state index in [0.29, 0.717) is 5.92 Å². The molecular formula is C9H20O2. The van der Waals surface area contributed by atoms with Gasteiger partial charge in [-0.25, -0.2) is 0 Å². The molecule has 0 saturated heterocycles. The molecule has 0 aromatic carbocycles. The summed E-state index contributed by atoms with van der Waals surface area (Å²) in [5, 5.41) is 17.3. The van der Waals surface area contributed by atoms with Crippen molar-refractivity contribution in [3.05, 3.63) is 0 Å². The van der Waals surface area contributed by atoms with Gasteiger partial charge in [-0.1, -0.05) is 19.8 Å². The topological polar surface area (TPSA) is 40.5 Å². The van der Waals surface area contributed by atoms with Crippen LogP contribution in [-0.2, 0) is 0 Å². The lowest BCUT2D eigenvalue weighted by Gasteiger charge is -2.13. The highest BCUT2D eigenvalue weighted by Crippen LogP contribution is 2.16. The molecule has 68 valence electrons. The van der Waals surface area contributed by atoms with Gasteiger partial charge < -0.3 is 10.2 Å². The van der Waals surface area contributed by atoms with Gasteiger partial charge in [0.15, 0.2) is 0 Å². The van der Waals surface area contributed by atoms with Crippen molar-refractivity contribution < 1.29 is 10.2 Å². The van der Waals surface area contributed by atoms with Crippen LogP contribution < -0.4 is 0 Å². The van der Waals surface area contributed by atoms with Crippen molar-refractivity contribution in [2.45, 2.75) is 39.0 Å². The Labute approximate surface area is 69.2 Å². The van der Waals surface area contributed by atoms with Crippen LogP contribution in [0.25, 0.3) is 0 Å². The first kappa shape index (κ1) is 10.9. The van der Waals surface area contributed by atoms with Gasteiger partial charge in [0.1, 0.15) is 0 Å². The molecule has 0 aliphatic carbocycles. The van der Waals surface area contributed by atoms with Gasteiger partial charge in [0.2, 0.25) is 0 Å². The van der Waals surface area contributed by atoms with E-state index in [1.54, 1.807) is 0 Å². The lowest BCUT2D eigenvalue weighted by molar-refractivity contribution is 0.226. The molecule has 0 aliphatic rings. The van der Waals surface area contributed by atoms with Crippen LogP contribution in [0.4, 0.5) is 0 Å². The summed E-state index contributed by atoms with van der Waals surface area (Å²) in [6.07, 6.45) is 5.19. The Bertz CT molecular complexity index is 68.0. The third-order valence-electron chi connectivity index (χ3n) is 2.00. The number of hydrogen-bond acceptors (Lipinski definition) is 2. The summed E-state index contributed by atoms with van der Waals surface area (Å²) < 4.78 is 0. The summed E-state index contributed by atoms with van der Waals surface area (Å²) in [5.41, 5.74) is 0. The molecule has 2 heteroatoms. The first-order valence-electron chi connectivity index (χ1n) is 4.56. The maximum atomic E-state index is 8.70. The Balaban J connectivity index is 3.34. The van der Waals surface area contributed by atoms with Crippen molar-refractivity contribution in [1.29, 1.82) is 0 Å². The molecule has 0 heterocycles. The lowest BCUT2D eigenvalue weighted by Crippen LogP contribution is -2.03. The van der Waals surface area contributed by atoms with Crippen molar-refractivity contribution >= 4 is 0 Å². The minimum Gasteiger partial charge on any atom is -0.396 e. The molecule has 1 atom stereocenters. The summed E-state index contributed by atoms with van der Waals surface area (Å²) >= 11 is 0. The fraction of sp³-hybridized carbons (Fsp3) is 1.00. The molecule has 0 fully saturated rings. The van der Waals surface area contributed by atoms with Crippen LogP contribution in [0.5, 0.6) is 0 Å². The van der Waals surface area contributed by atoms with Gasteiger partial charge >= 0.3 is 0 Å². The van der Waals surface area contributed by atoms with Gasteiger partial charge in [-0.2, -0.15) is 0 Å². The second-order valence-corrected chi connectivity index (χ2v) is 3.03. The number of hydrogen-bond donors (Lipinski definition) is 2. The van der Waals surface area contributed by atoms with E-state index in [-0.39, 0.29) is 13.2 Å². The number of aliphatic hydroxyl groups excluding tert-OH is 2. The van der Waals surface area contributed by atoms with Gasteiger partial charge in [0, 0.05) is 13.2 Å². The molecule has 0 radical (unpaired) electrons. The van der Waals surface area contributed by atoms with Crippen LogP contribution in [0.15, 0.2) is 0 Å². The maximum absolute atomic E-state index is 8.70. The van der Waals surface area contributed by atoms with Crippen molar-refractivity contribution in [2.75, 3.05) is 13.2 Å². The lowest BCUT2D eigenvalue weighted by atomic mass is 9.95. The standard InChI is InChI=1S/C9H20O2/c1-2-4-9(6-8-11)5-3-7-10/h9-11H,2-8H2,1H3. The maximum Gasteiger partial charge on any atom is 0.0433 e. The zero-order chi connectivity index (χ0) is 8.53. The Morgan fingerprint density at radius 1 is 1.00 bits per heavy atom. The largest absolute Gasteiger partial charge is 0.396 e. The first-order valence-corrected chi connectivity index (χ1v) is 4.56. The predicted molar refractivity (Wildman–Crippen MR) is 46.4 cm³/mol. The quantitative estimate of drug-likeness (QED) is 0.593. The normalized spacial score (nSPS) is 13.4. The molecule has 0 aliphatic heterocycles. The third kappa shape index (κ3) is 6.32. The van der Waals surface area contributed by atoms with E-state index in [1.807, 2.05) is 0 Å². The Morgan fingerprint density at radius 3 is 2.18 bits per heavy atom. The highest BCUT2D eigenvalue weighted by Gasteiger charge is 2.05. The van der Waals surface area contributed by atoms with Gasteiger partial charge in [0.25, 0.3) is 0 Å². The van der Waals surface area contributed by atoms with E-state index in [9.17, 15) is 0 Å². The van der Waals surface area contributed by atoms with Crippen molar-refractivity contribution in [3.8, 4) is 0 Å². The average Bonchev–Trinajstić information content (AvgIpc) is 2.01. The van der Waals surface area contributed by atoms with Crippen LogP contribution in [-0.4, -0.2) is 23.4 Å². The molecule has 11 heavy (non-hydrogen) atoms. The van der Waals surface area contributed by atoms with Gasteiger partial charge in [0.05, 0.1) is 0 Å². The summed E-state index contributed by atoms with van der Waals surface area (Å²) in [5.74, 6) is 0.622. The highest BCUT2D eigenvalue weighted by molar-refractivity contribution is 4.57. The second-order valence-electron chi connectivity index (χ2n) is 3.03. The minimum atomic E-state index is 0.283. The summed E-state index contributed by atoms with van der Waals surface area (Å²) in [6, 6.07) is 0. The first-order chi connectivity index (χ1) is 5.35. The van der Waals surface area contributed by atoms with Crippen LogP contribution in [0.3, 0.4) is 0 Å². The van der Waals surface area contributed by atoms with Gasteiger partial charge in [-0.15, -0.1) is 0 Å². The zero-order valence-electron chi connectivity index (χ0n) is 7.42. The smallest absolute Gasteiger partial charge is 0.0433 e. The highest BCUT2D eigenvalue weighted by atomic mass is 16.3. The SMILES string of the molecule is CCCC(CCO)CCCO. The van der Waals surface area contributed by atoms with Gasteiger partial charge in [-0.3, -0.25) is 0 Å². The molecule has 0 rings (SSSR count). The molecule has 0 bridgehead atoms. The minimum absolute atomic E-state index is 0.283. The Morgan fingerprint density at radius 2 is 1.73 bits per heavy atom. The van der Waals surface area contributed by atoms with Crippen LogP contribution >= 0.6 is 0 Å². The molecule has 0 aromatic heterocycles. The van der Waals surface area contributed by atoms with Crippen molar-refractivity contribution in [1.82, 2.24) is 0 Å². The molecule has 2 N–H and O–H groups in total. The zero-order valence-corrected chi connectivity index (χ0v) is 7.42. The van der Waals surface area contributed by atoms with E-state index in [1.165, 1.54) is 12.8 Å². The van der Waals surface area contributed by atoms with E-state index >= 15 is 0 Å². The fourth-order valence-electron chi connectivity index (χ4n) is 1.40. The van der Waals surface area contributed by atoms with Crippen molar-refractivity contribution in [2.24, 2.45) is 5.92 Å². The monoisotopic (exact) mass is 160 g/mol. The summed E-state index contributed by atoms with van der Waals surface area (Å²) in [6.45, 7) is 2.73. The Kier molecular flexibility index (Phi) is 7.96. The molecule has 0 spiro atoms. The molecule has 0 aromatic rings. The van der Waals surface area contributed by atoms with Crippen LogP contribution in [0.2, 0.25) is 0 Å². The second kappa shape index (κ2) is 8.02. The number of rotatable bonds is 7. The molecular weight excluding hydrogens is 140 g/mol. The van der Waals surface area contributed by atoms with E-state index < -0.39 is 0 Å². The molecule has 2 nitrogen and oxygen atoms in total. The molecule has 1 unspecified atom stereocenters. The third-order valence-corrected chi connectivity index (χ3v) is 2.00. The molecule has 0 amide bonds. The van der Waals surface area contributed by atoms with Crippen molar-refractivity contribution in [3.63, 3.8) is 0 Å². The summed E-state index contributed by atoms with van der Waals surface area (Å²) in [4.78, 5) is 0. The van der Waals surface area contributed by atoms with Gasteiger partial charge in [-0.05, 0) is 25.2 Å². The number of aliphatic hydroxyl groups is 2. The summed E-state index contributed by atoms with van der Waals surface area (Å²) in [7, 11) is 0. The average molecular weight is 160 g/mol. The predicted octanol–water partition coefficient (Wildman–Crippen LogP) is 1.56.